The maximum Gasteiger partial charge on any atom is 0.251 e. The van der Waals surface area contributed by atoms with Gasteiger partial charge >= 0.3 is 0 Å². The molecule has 0 aliphatic rings. The lowest BCUT2D eigenvalue weighted by atomic mass is 10.2. The van der Waals surface area contributed by atoms with E-state index < -0.39 is 0 Å². The van der Waals surface area contributed by atoms with Crippen molar-refractivity contribution in [2.24, 2.45) is 0 Å². The number of methoxy groups -OCH3 is 1. The molecule has 0 spiro atoms. The van der Waals surface area contributed by atoms with Crippen molar-refractivity contribution >= 4 is 33.4 Å². The number of amides is 2. The molecule has 6 heteroatoms. The first-order valence-corrected chi connectivity index (χ1v) is 7.77. The van der Waals surface area contributed by atoms with Gasteiger partial charge in [-0.2, -0.15) is 0 Å². The molecular formula is C17H17BrN2O3. The van der Waals surface area contributed by atoms with E-state index in [4.69, 9.17) is 4.74 Å². The SMILES string of the molecule is COc1ccc(C(=O)NCC(=O)Nc2ccc(Br)cc2C)cc1. The van der Waals surface area contributed by atoms with Crippen LogP contribution < -0.4 is 15.4 Å². The van der Waals surface area contributed by atoms with E-state index in [0.717, 1.165) is 15.7 Å². The van der Waals surface area contributed by atoms with E-state index in [1.54, 1.807) is 31.4 Å². The molecule has 2 amide bonds. The third-order valence-corrected chi connectivity index (χ3v) is 3.72. The van der Waals surface area contributed by atoms with Crippen LogP contribution in [0.5, 0.6) is 5.75 Å². The predicted molar refractivity (Wildman–Crippen MR) is 92.8 cm³/mol. The van der Waals surface area contributed by atoms with Gasteiger partial charge in [0.2, 0.25) is 5.91 Å². The second-order valence-corrected chi connectivity index (χ2v) is 5.83. The van der Waals surface area contributed by atoms with Crippen LogP contribution in [-0.2, 0) is 4.79 Å². The number of nitrogens with one attached hydrogen (secondary N) is 2. The number of benzene rings is 2. The second-order valence-electron chi connectivity index (χ2n) is 4.92. The summed E-state index contributed by atoms with van der Waals surface area (Å²) in [6.45, 7) is 1.80. The highest BCUT2D eigenvalue weighted by Crippen LogP contribution is 2.19. The van der Waals surface area contributed by atoms with E-state index in [2.05, 4.69) is 26.6 Å². The molecule has 5 nitrogen and oxygen atoms in total. The molecule has 0 aliphatic heterocycles. The van der Waals surface area contributed by atoms with Crippen molar-refractivity contribution in [1.82, 2.24) is 5.32 Å². The minimum Gasteiger partial charge on any atom is -0.497 e. The summed E-state index contributed by atoms with van der Waals surface area (Å²) in [5.41, 5.74) is 2.13. The molecule has 23 heavy (non-hydrogen) atoms. The molecule has 120 valence electrons. The van der Waals surface area contributed by atoms with E-state index in [0.29, 0.717) is 11.3 Å². The zero-order chi connectivity index (χ0) is 16.8. The van der Waals surface area contributed by atoms with Gasteiger partial charge in [-0.15, -0.1) is 0 Å². The Labute approximate surface area is 143 Å². The summed E-state index contributed by atoms with van der Waals surface area (Å²) in [7, 11) is 1.56. The average Bonchev–Trinajstić information content (AvgIpc) is 2.55. The summed E-state index contributed by atoms with van der Waals surface area (Å²) >= 11 is 3.37. The van der Waals surface area contributed by atoms with Gasteiger partial charge in [-0.3, -0.25) is 9.59 Å². The number of hydrogen-bond donors (Lipinski definition) is 2. The lowest BCUT2D eigenvalue weighted by molar-refractivity contribution is -0.115. The summed E-state index contributed by atoms with van der Waals surface area (Å²) in [6.07, 6.45) is 0. The highest BCUT2D eigenvalue weighted by Gasteiger charge is 2.09. The third-order valence-electron chi connectivity index (χ3n) is 3.22. The quantitative estimate of drug-likeness (QED) is 0.842. The fourth-order valence-corrected chi connectivity index (χ4v) is 2.44. The minimum atomic E-state index is -0.310. The van der Waals surface area contributed by atoms with Crippen LogP contribution in [0.15, 0.2) is 46.9 Å². The number of carbonyl (C=O) groups excluding carboxylic acids is 2. The molecule has 0 unspecified atom stereocenters. The van der Waals surface area contributed by atoms with Crippen LogP contribution in [0.2, 0.25) is 0 Å². The van der Waals surface area contributed by atoms with Crippen molar-refractivity contribution in [2.45, 2.75) is 6.92 Å². The summed E-state index contributed by atoms with van der Waals surface area (Å²) in [5, 5.41) is 5.35. The van der Waals surface area contributed by atoms with Gasteiger partial charge in [0.1, 0.15) is 5.75 Å². The molecule has 0 fully saturated rings. The topological polar surface area (TPSA) is 67.4 Å². The zero-order valence-corrected chi connectivity index (χ0v) is 14.4. The van der Waals surface area contributed by atoms with E-state index in [1.165, 1.54) is 0 Å². The lowest BCUT2D eigenvalue weighted by Gasteiger charge is -2.10. The van der Waals surface area contributed by atoms with Crippen LogP contribution in [0.3, 0.4) is 0 Å². The van der Waals surface area contributed by atoms with E-state index in [1.807, 2.05) is 25.1 Å². The number of carbonyl (C=O) groups is 2. The Balaban J connectivity index is 1.89. The Hall–Kier alpha value is -2.34. The van der Waals surface area contributed by atoms with Crippen molar-refractivity contribution in [1.29, 1.82) is 0 Å². The first-order chi connectivity index (χ1) is 11.0. The maximum absolute atomic E-state index is 12.0. The van der Waals surface area contributed by atoms with Crippen LogP contribution >= 0.6 is 15.9 Å². The number of ether oxygens (including phenoxy) is 1. The number of aryl methyl sites for hydroxylation is 1. The standard InChI is InChI=1S/C17H17BrN2O3/c1-11-9-13(18)5-8-15(11)20-16(21)10-19-17(22)12-3-6-14(23-2)7-4-12/h3-9H,10H2,1-2H3,(H,19,22)(H,20,21). The monoisotopic (exact) mass is 376 g/mol. The molecule has 2 rings (SSSR count). The molecule has 0 aliphatic carbocycles. The van der Waals surface area contributed by atoms with Gasteiger partial charge < -0.3 is 15.4 Å². The van der Waals surface area contributed by atoms with Crippen LogP contribution in [0.4, 0.5) is 5.69 Å². The van der Waals surface area contributed by atoms with Gasteiger partial charge in [0.05, 0.1) is 13.7 Å². The first kappa shape index (κ1) is 17.0. The van der Waals surface area contributed by atoms with Crippen molar-refractivity contribution in [2.75, 3.05) is 19.0 Å². The Morgan fingerprint density at radius 3 is 2.43 bits per heavy atom. The van der Waals surface area contributed by atoms with Crippen molar-refractivity contribution in [3.8, 4) is 5.75 Å². The van der Waals surface area contributed by atoms with E-state index >= 15 is 0 Å². The van der Waals surface area contributed by atoms with Crippen LogP contribution in [0, 0.1) is 6.92 Å². The fraction of sp³-hybridized carbons (Fsp3) is 0.176. The third kappa shape index (κ3) is 4.82. The normalized spacial score (nSPS) is 10.0. The molecule has 0 atom stereocenters. The van der Waals surface area contributed by atoms with Crippen LogP contribution in [0.25, 0.3) is 0 Å². The second kappa shape index (κ2) is 7.78. The first-order valence-electron chi connectivity index (χ1n) is 6.98. The molecule has 0 saturated heterocycles. The highest BCUT2D eigenvalue weighted by atomic mass is 79.9. The Morgan fingerprint density at radius 1 is 1.13 bits per heavy atom. The van der Waals surface area contributed by atoms with Gasteiger partial charge in [-0.1, -0.05) is 15.9 Å². The van der Waals surface area contributed by atoms with Gasteiger partial charge in [-0.25, -0.2) is 0 Å². The van der Waals surface area contributed by atoms with Gasteiger partial charge in [0.15, 0.2) is 0 Å². The number of rotatable bonds is 5. The predicted octanol–water partition coefficient (Wildman–Crippen LogP) is 3.13. The van der Waals surface area contributed by atoms with Gasteiger partial charge in [0, 0.05) is 15.7 Å². The molecule has 0 aromatic heterocycles. The van der Waals surface area contributed by atoms with Gasteiger partial charge in [0.25, 0.3) is 5.91 Å². The number of halogens is 1. The van der Waals surface area contributed by atoms with Crippen molar-refractivity contribution < 1.29 is 14.3 Å². The number of anilines is 1. The Morgan fingerprint density at radius 2 is 1.83 bits per heavy atom. The molecular weight excluding hydrogens is 360 g/mol. The van der Waals surface area contributed by atoms with Gasteiger partial charge in [-0.05, 0) is 55.0 Å². The maximum atomic E-state index is 12.0. The van der Waals surface area contributed by atoms with Crippen molar-refractivity contribution in [3.63, 3.8) is 0 Å². The molecule has 2 aromatic carbocycles. The lowest BCUT2D eigenvalue weighted by Crippen LogP contribution is -2.32. The van der Waals surface area contributed by atoms with Crippen molar-refractivity contribution in [3.05, 3.63) is 58.1 Å². The molecule has 0 bridgehead atoms. The molecule has 0 heterocycles. The zero-order valence-electron chi connectivity index (χ0n) is 12.9. The minimum absolute atomic E-state index is 0.0969. The molecule has 0 saturated carbocycles. The van der Waals surface area contributed by atoms with E-state index in [9.17, 15) is 9.59 Å². The summed E-state index contributed by atoms with van der Waals surface area (Å²) in [4.78, 5) is 23.9. The summed E-state index contributed by atoms with van der Waals surface area (Å²) in [6, 6.07) is 12.2. The smallest absolute Gasteiger partial charge is 0.251 e. The largest absolute Gasteiger partial charge is 0.497 e. The molecule has 2 aromatic rings. The number of hydrogen-bond acceptors (Lipinski definition) is 3. The molecule has 2 N–H and O–H groups in total. The van der Waals surface area contributed by atoms with Crippen LogP contribution in [0.1, 0.15) is 15.9 Å². The highest BCUT2D eigenvalue weighted by molar-refractivity contribution is 9.10. The fourth-order valence-electron chi connectivity index (χ4n) is 1.97. The Bertz CT molecular complexity index is 714. The van der Waals surface area contributed by atoms with E-state index in [-0.39, 0.29) is 18.4 Å². The Kier molecular flexibility index (Phi) is 5.76. The average molecular weight is 377 g/mol. The molecule has 0 radical (unpaired) electrons. The van der Waals surface area contributed by atoms with Crippen LogP contribution in [-0.4, -0.2) is 25.5 Å². The summed E-state index contributed by atoms with van der Waals surface area (Å²) in [5.74, 6) is 0.0811. The summed E-state index contributed by atoms with van der Waals surface area (Å²) < 4.78 is 5.98.